The van der Waals surface area contributed by atoms with Crippen molar-refractivity contribution in [1.29, 1.82) is 0 Å². The molecule has 0 spiro atoms. The average Bonchev–Trinajstić information content (AvgIpc) is 2.88. The van der Waals surface area contributed by atoms with Crippen molar-refractivity contribution in [2.45, 2.75) is 25.0 Å². The van der Waals surface area contributed by atoms with Gasteiger partial charge in [0.2, 0.25) is 0 Å². The van der Waals surface area contributed by atoms with E-state index in [4.69, 9.17) is 9.47 Å². The molecule has 0 aliphatic carbocycles. The van der Waals surface area contributed by atoms with Crippen molar-refractivity contribution < 1.29 is 39.5 Å². The van der Waals surface area contributed by atoms with Gasteiger partial charge in [0.25, 0.3) is 0 Å². The second-order valence-corrected chi connectivity index (χ2v) is 8.97. The zero-order valence-electron chi connectivity index (χ0n) is 20.1. The number of carbonyl (C=O) groups excluding carboxylic acids is 2. The summed E-state index contributed by atoms with van der Waals surface area (Å²) in [6.07, 6.45) is -0.421. The van der Waals surface area contributed by atoms with Crippen LogP contribution in [0.3, 0.4) is 0 Å². The van der Waals surface area contributed by atoms with Gasteiger partial charge in [0.1, 0.15) is 57.8 Å². The van der Waals surface area contributed by atoms with Gasteiger partial charge in [-0.15, -0.1) is 0 Å². The molecular weight excluding hydrogens is 488 g/mol. The van der Waals surface area contributed by atoms with Gasteiger partial charge in [0.15, 0.2) is 11.6 Å². The molecule has 0 radical (unpaired) electrons. The van der Waals surface area contributed by atoms with Crippen LogP contribution in [0.15, 0.2) is 84.9 Å². The second kappa shape index (κ2) is 10.2. The predicted molar refractivity (Wildman–Crippen MR) is 137 cm³/mol. The van der Waals surface area contributed by atoms with Gasteiger partial charge in [-0.2, -0.15) is 0 Å². The Labute approximate surface area is 218 Å². The molecule has 4 N–H and O–H groups in total. The number of aromatic hydroxyl groups is 4. The number of fused-ring (bicyclic) bond motifs is 2. The Balaban J connectivity index is 0.000000155. The molecule has 0 saturated heterocycles. The number of benzene rings is 4. The number of phenols is 4. The van der Waals surface area contributed by atoms with Crippen LogP contribution in [0.1, 0.15) is 56.9 Å². The number of hydrogen-bond acceptors (Lipinski definition) is 8. The molecule has 2 aliphatic rings. The Morgan fingerprint density at radius 1 is 0.553 bits per heavy atom. The highest BCUT2D eigenvalue weighted by Gasteiger charge is 2.31. The molecule has 2 heterocycles. The van der Waals surface area contributed by atoms with Gasteiger partial charge in [-0.3, -0.25) is 9.59 Å². The van der Waals surface area contributed by atoms with E-state index in [0.717, 1.165) is 23.3 Å². The van der Waals surface area contributed by atoms with Crippen LogP contribution in [0.5, 0.6) is 34.5 Å². The van der Waals surface area contributed by atoms with E-state index in [1.54, 1.807) is 0 Å². The van der Waals surface area contributed by atoms with Gasteiger partial charge in [-0.1, -0.05) is 60.7 Å². The number of carbonyl (C=O) groups is 2. The minimum Gasteiger partial charge on any atom is -0.508 e. The Hall–Kier alpha value is -4.98. The standard InChI is InChI=1S/2C15H12O4/c2*16-10-6-11(17)15-12(18)8-13(19-14(15)7-10)9-4-2-1-3-5-9/h2*1-7,13,16-17H,8H2/t2*13-/m00/s1. The largest absolute Gasteiger partial charge is 0.508 e. The van der Waals surface area contributed by atoms with Crippen LogP contribution in [-0.4, -0.2) is 32.0 Å². The minimum atomic E-state index is -0.387. The maximum absolute atomic E-state index is 12.1. The van der Waals surface area contributed by atoms with Crippen LogP contribution in [0.4, 0.5) is 0 Å². The zero-order chi connectivity index (χ0) is 26.8. The van der Waals surface area contributed by atoms with Gasteiger partial charge in [-0.25, -0.2) is 0 Å². The van der Waals surface area contributed by atoms with E-state index in [9.17, 15) is 30.0 Å². The van der Waals surface area contributed by atoms with E-state index in [1.165, 1.54) is 12.1 Å². The SMILES string of the molecule is O=C1C[C@@H](c2ccccc2)Oc2cc(O)cc(O)c21.O=C1C[C@@H](c2ccccc2)Oc2cc(O)cc(O)c21. The first kappa shape index (κ1) is 24.7. The van der Waals surface area contributed by atoms with Crippen molar-refractivity contribution in [2.24, 2.45) is 0 Å². The van der Waals surface area contributed by atoms with Gasteiger partial charge in [-0.05, 0) is 11.1 Å². The molecule has 192 valence electrons. The third-order valence-electron chi connectivity index (χ3n) is 6.31. The fourth-order valence-electron chi connectivity index (χ4n) is 4.56. The zero-order valence-corrected chi connectivity index (χ0v) is 20.1. The Morgan fingerprint density at radius 2 is 0.921 bits per heavy atom. The summed E-state index contributed by atoms with van der Waals surface area (Å²) < 4.78 is 11.4. The lowest BCUT2D eigenvalue weighted by atomic mass is 9.95. The number of ketones is 2. The Morgan fingerprint density at radius 3 is 1.29 bits per heavy atom. The number of hydrogen-bond donors (Lipinski definition) is 4. The minimum absolute atomic E-state index is 0.127. The smallest absolute Gasteiger partial charge is 0.174 e. The first-order valence-corrected chi connectivity index (χ1v) is 11.9. The molecule has 4 aromatic rings. The highest BCUT2D eigenvalue weighted by molar-refractivity contribution is 6.03. The fourth-order valence-corrected chi connectivity index (χ4v) is 4.56. The summed E-state index contributed by atoms with van der Waals surface area (Å²) in [5.41, 5.74) is 2.07. The van der Waals surface area contributed by atoms with Crippen LogP contribution >= 0.6 is 0 Å². The maximum Gasteiger partial charge on any atom is 0.174 e. The van der Waals surface area contributed by atoms with Crippen LogP contribution in [0.25, 0.3) is 0 Å². The summed E-state index contributed by atoms with van der Waals surface area (Å²) in [6.45, 7) is 0. The lowest BCUT2D eigenvalue weighted by Crippen LogP contribution is -2.20. The molecule has 6 rings (SSSR count). The summed E-state index contributed by atoms with van der Waals surface area (Å²) in [6, 6.07) is 23.8. The molecule has 0 fully saturated rings. The monoisotopic (exact) mass is 512 g/mol. The normalized spacial score (nSPS) is 17.7. The molecule has 8 nitrogen and oxygen atoms in total. The molecule has 0 amide bonds. The quantitative estimate of drug-likeness (QED) is 0.272. The van der Waals surface area contributed by atoms with Crippen molar-refractivity contribution >= 4 is 11.6 Å². The molecule has 38 heavy (non-hydrogen) atoms. The van der Waals surface area contributed by atoms with E-state index >= 15 is 0 Å². The number of phenolic OH excluding ortho intramolecular Hbond substituents is 4. The third kappa shape index (κ3) is 4.97. The van der Waals surface area contributed by atoms with E-state index in [-0.39, 0.29) is 82.2 Å². The molecule has 0 aromatic heterocycles. The summed E-state index contributed by atoms with van der Waals surface area (Å²) in [4.78, 5) is 24.2. The van der Waals surface area contributed by atoms with E-state index in [0.29, 0.717) is 0 Å². The van der Waals surface area contributed by atoms with E-state index < -0.39 is 0 Å². The lowest BCUT2D eigenvalue weighted by Gasteiger charge is -2.26. The molecular formula is C30H24O8. The van der Waals surface area contributed by atoms with Gasteiger partial charge in [0.05, 0.1) is 12.8 Å². The Bertz CT molecular complexity index is 1380. The van der Waals surface area contributed by atoms with Crippen molar-refractivity contribution in [3.8, 4) is 34.5 Å². The van der Waals surface area contributed by atoms with Gasteiger partial charge >= 0.3 is 0 Å². The number of rotatable bonds is 2. The van der Waals surface area contributed by atoms with Crippen molar-refractivity contribution in [1.82, 2.24) is 0 Å². The second-order valence-electron chi connectivity index (χ2n) is 8.97. The highest BCUT2D eigenvalue weighted by Crippen LogP contribution is 2.42. The number of Topliss-reactive ketones (excluding diaryl/α,β-unsaturated/α-hetero) is 2. The third-order valence-corrected chi connectivity index (χ3v) is 6.31. The van der Waals surface area contributed by atoms with E-state index in [1.807, 2.05) is 60.7 Å². The molecule has 8 heteroatoms. The van der Waals surface area contributed by atoms with Crippen LogP contribution < -0.4 is 9.47 Å². The lowest BCUT2D eigenvalue weighted by molar-refractivity contribution is 0.0834. The molecule has 4 aromatic carbocycles. The maximum atomic E-state index is 12.1. The van der Waals surface area contributed by atoms with Gasteiger partial charge < -0.3 is 29.9 Å². The van der Waals surface area contributed by atoms with Crippen molar-refractivity contribution in [3.63, 3.8) is 0 Å². The first-order valence-electron chi connectivity index (χ1n) is 11.9. The topological polar surface area (TPSA) is 134 Å². The number of ether oxygens (including phenoxy) is 2. The Kier molecular flexibility index (Phi) is 6.62. The summed E-state index contributed by atoms with van der Waals surface area (Å²) >= 11 is 0. The molecule has 0 bridgehead atoms. The predicted octanol–water partition coefficient (Wildman–Crippen LogP) is 5.61. The summed E-state index contributed by atoms with van der Waals surface area (Å²) in [5.74, 6) is -0.668. The van der Waals surface area contributed by atoms with Crippen molar-refractivity contribution in [2.75, 3.05) is 0 Å². The van der Waals surface area contributed by atoms with Gasteiger partial charge in [0, 0.05) is 24.3 Å². The van der Waals surface area contributed by atoms with Crippen LogP contribution in [0.2, 0.25) is 0 Å². The summed E-state index contributed by atoms with van der Waals surface area (Å²) in [5, 5.41) is 38.3. The van der Waals surface area contributed by atoms with Crippen molar-refractivity contribution in [3.05, 3.63) is 107 Å². The molecule has 0 saturated carbocycles. The summed E-state index contributed by atoms with van der Waals surface area (Å²) in [7, 11) is 0. The average molecular weight is 513 g/mol. The molecule has 2 aliphatic heterocycles. The highest BCUT2D eigenvalue weighted by atomic mass is 16.5. The molecule has 0 unspecified atom stereocenters. The fraction of sp³-hybridized carbons (Fsp3) is 0.133. The van der Waals surface area contributed by atoms with Crippen LogP contribution in [0, 0.1) is 0 Å². The molecule has 2 atom stereocenters. The van der Waals surface area contributed by atoms with Crippen LogP contribution in [-0.2, 0) is 0 Å². The first-order chi connectivity index (χ1) is 18.3. The van der Waals surface area contributed by atoms with E-state index in [2.05, 4.69) is 0 Å².